The Morgan fingerprint density at radius 1 is 1.39 bits per heavy atom. The summed E-state index contributed by atoms with van der Waals surface area (Å²) in [4.78, 5) is 21.5. The Balaban J connectivity index is 2.11. The lowest BCUT2D eigenvalue weighted by atomic mass is 10.1. The van der Waals surface area contributed by atoms with E-state index in [-0.39, 0.29) is 0 Å². The van der Waals surface area contributed by atoms with Gasteiger partial charge in [0, 0.05) is 30.0 Å². The van der Waals surface area contributed by atoms with Gasteiger partial charge in [-0.2, -0.15) is 0 Å². The monoisotopic (exact) mass is 243 g/mol. The maximum absolute atomic E-state index is 11.3. The van der Waals surface area contributed by atoms with Crippen molar-refractivity contribution in [2.45, 2.75) is 18.9 Å². The van der Waals surface area contributed by atoms with Crippen molar-refractivity contribution in [1.29, 1.82) is 0 Å². The van der Waals surface area contributed by atoms with Gasteiger partial charge < -0.3 is 10.0 Å². The number of aromatic nitrogens is 2. The minimum Gasteiger partial charge on any atom is -0.480 e. The molecule has 0 saturated carbocycles. The van der Waals surface area contributed by atoms with E-state index in [0.29, 0.717) is 6.42 Å². The maximum atomic E-state index is 11.3. The fourth-order valence-corrected chi connectivity index (χ4v) is 2.55. The van der Waals surface area contributed by atoms with E-state index < -0.39 is 12.0 Å². The van der Waals surface area contributed by atoms with Crippen LogP contribution in [-0.4, -0.2) is 33.6 Å². The number of carboxylic acid groups (broad SMARTS) is 1. The second-order valence-corrected chi connectivity index (χ2v) is 4.41. The van der Waals surface area contributed by atoms with Gasteiger partial charge in [-0.1, -0.05) is 0 Å². The highest BCUT2D eigenvalue weighted by Crippen LogP contribution is 2.30. The van der Waals surface area contributed by atoms with E-state index >= 15 is 0 Å². The van der Waals surface area contributed by atoms with Crippen molar-refractivity contribution in [1.82, 2.24) is 9.97 Å². The molecule has 3 heterocycles. The van der Waals surface area contributed by atoms with Gasteiger partial charge in [-0.3, -0.25) is 9.97 Å². The molecule has 1 N–H and O–H groups in total. The van der Waals surface area contributed by atoms with Crippen molar-refractivity contribution in [2.75, 3.05) is 11.4 Å². The highest BCUT2D eigenvalue weighted by molar-refractivity contribution is 5.93. The Kier molecular flexibility index (Phi) is 2.59. The average molecular weight is 243 g/mol. The molecule has 0 bridgehead atoms. The van der Waals surface area contributed by atoms with Crippen LogP contribution >= 0.6 is 0 Å². The molecule has 2 aromatic heterocycles. The van der Waals surface area contributed by atoms with Gasteiger partial charge in [0.05, 0.1) is 11.7 Å². The molecule has 92 valence electrons. The van der Waals surface area contributed by atoms with Crippen LogP contribution in [-0.2, 0) is 4.79 Å². The third kappa shape index (κ3) is 1.68. The molecule has 0 aromatic carbocycles. The Bertz CT molecular complexity index is 594. The summed E-state index contributed by atoms with van der Waals surface area (Å²) >= 11 is 0. The Hall–Kier alpha value is -2.17. The third-order valence-electron chi connectivity index (χ3n) is 3.37. The Labute approximate surface area is 104 Å². The number of pyridine rings is 2. The molecule has 0 unspecified atom stereocenters. The molecule has 0 amide bonds. The summed E-state index contributed by atoms with van der Waals surface area (Å²) in [5.74, 6) is -0.758. The van der Waals surface area contributed by atoms with Crippen molar-refractivity contribution >= 4 is 22.6 Å². The van der Waals surface area contributed by atoms with Gasteiger partial charge in [0.15, 0.2) is 0 Å². The molecular weight excluding hydrogens is 230 g/mol. The molecule has 5 nitrogen and oxygen atoms in total. The summed E-state index contributed by atoms with van der Waals surface area (Å²) in [5.41, 5.74) is 1.73. The van der Waals surface area contributed by atoms with Crippen LogP contribution in [0.4, 0.5) is 5.69 Å². The molecule has 1 fully saturated rings. The van der Waals surface area contributed by atoms with Crippen LogP contribution in [0, 0.1) is 0 Å². The minimum absolute atomic E-state index is 0.427. The number of hydrogen-bond donors (Lipinski definition) is 1. The van der Waals surface area contributed by atoms with Gasteiger partial charge in [-0.05, 0) is 25.0 Å². The van der Waals surface area contributed by atoms with Gasteiger partial charge >= 0.3 is 5.97 Å². The van der Waals surface area contributed by atoms with Gasteiger partial charge in [-0.25, -0.2) is 4.79 Å². The van der Waals surface area contributed by atoms with Crippen LogP contribution < -0.4 is 4.90 Å². The molecule has 2 aromatic rings. The van der Waals surface area contributed by atoms with Crippen LogP contribution in [0.5, 0.6) is 0 Å². The van der Waals surface area contributed by atoms with Crippen molar-refractivity contribution in [3.8, 4) is 0 Å². The van der Waals surface area contributed by atoms with Crippen molar-refractivity contribution < 1.29 is 9.90 Å². The first-order chi connectivity index (χ1) is 8.77. The summed E-state index contributed by atoms with van der Waals surface area (Å²) in [6, 6.07) is 3.34. The summed E-state index contributed by atoms with van der Waals surface area (Å²) in [7, 11) is 0. The predicted octanol–water partition coefficient (Wildman–Crippen LogP) is 1.68. The van der Waals surface area contributed by atoms with E-state index in [2.05, 4.69) is 9.97 Å². The molecule has 0 aliphatic carbocycles. The lowest BCUT2D eigenvalue weighted by Crippen LogP contribution is -2.36. The van der Waals surface area contributed by atoms with E-state index in [1.165, 1.54) is 0 Å². The molecule has 1 aliphatic heterocycles. The lowest BCUT2D eigenvalue weighted by Gasteiger charge is -2.24. The minimum atomic E-state index is -0.758. The molecule has 18 heavy (non-hydrogen) atoms. The normalized spacial score (nSPS) is 19.3. The van der Waals surface area contributed by atoms with Gasteiger partial charge in [0.2, 0.25) is 0 Å². The number of aliphatic carboxylic acids is 1. The van der Waals surface area contributed by atoms with Gasteiger partial charge in [-0.15, -0.1) is 0 Å². The lowest BCUT2D eigenvalue weighted by molar-refractivity contribution is -0.138. The van der Waals surface area contributed by atoms with Crippen LogP contribution in [0.2, 0.25) is 0 Å². The first-order valence-corrected chi connectivity index (χ1v) is 5.95. The molecule has 1 saturated heterocycles. The van der Waals surface area contributed by atoms with E-state index in [4.69, 9.17) is 0 Å². The summed E-state index contributed by atoms with van der Waals surface area (Å²) in [6.45, 7) is 0.776. The Morgan fingerprint density at radius 3 is 3.11 bits per heavy atom. The number of rotatable bonds is 2. The standard InChI is InChI=1S/C13H13N3O2/c17-13(18)12-2-1-7-16(12)11-4-6-15-10-8-14-5-3-9(10)11/h3-6,8,12H,1-2,7H2,(H,17,18)/t12-/m1/s1. The number of hydrogen-bond acceptors (Lipinski definition) is 4. The molecule has 0 radical (unpaired) electrons. The predicted molar refractivity (Wildman–Crippen MR) is 67.5 cm³/mol. The number of nitrogens with zero attached hydrogens (tertiary/aromatic N) is 3. The van der Waals surface area contributed by atoms with Crippen LogP contribution in [0.3, 0.4) is 0 Å². The highest BCUT2D eigenvalue weighted by atomic mass is 16.4. The second-order valence-electron chi connectivity index (χ2n) is 4.41. The highest BCUT2D eigenvalue weighted by Gasteiger charge is 2.31. The van der Waals surface area contributed by atoms with Crippen molar-refractivity contribution in [3.63, 3.8) is 0 Å². The molecule has 1 atom stereocenters. The summed E-state index contributed by atoms with van der Waals surface area (Å²) in [6.07, 6.45) is 6.72. The van der Waals surface area contributed by atoms with E-state index in [0.717, 1.165) is 29.6 Å². The fraction of sp³-hybridized carbons (Fsp3) is 0.308. The van der Waals surface area contributed by atoms with Gasteiger partial charge in [0.25, 0.3) is 0 Å². The zero-order chi connectivity index (χ0) is 12.5. The van der Waals surface area contributed by atoms with Crippen LogP contribution in [0.1, 0.15) is 12.8 Å². The fourth-order valence-electron chi connectivity index (χ4n) is 2.55. The molecule has 3 rings (SSSR count). The first-order valence-electron chi connectivity index (χ1n) is 5.95. The number of fused-ring (bicyclic) bond motifs is 1. The van der Waals surface area contributed by atoms with Crippen molar-refractivity contribution in [2.24, 2.45) is 0 Å². The number of carboxylic acids is 1. The number of carbonyl (C=O) groups is 1. The van der Waals surface area contributed by atoms with Crippen LogP contribution in [0.25, 0.3) is 10.9 Å². The third-order valence-corrected chi connectivity index (χ3v) is 3.37. The van der Waals surface area contributed by atoms with E-state index in [9.17, 15) is 9.90 Å². The zero-order valence-corrected chi connectivity index (χ0v) is 9.78. The van der Waals surface area contributed by atoms with E-state index in [1.54, 1.807) is 18.6 Å². The van der Waals surface area contributed by atoms with Gasteiger partial charge in [0.1, 0.15) is 6.04 Å². The second kappa shape index (κ2) is 4.25. The number of anilines is 1. The largest absolute Gasteiger partial charge is 0.480 e. The molecule has 5 heteroatoms. The molecule has 0 spiro atoms. The summed E-state index contributed by atoms with van der Waals surface area (Å²) in [5, 5.41) is 10.2. The quantitative estimate of drug-likeness (QED) is 0.869. The topological polar surface area (TPSA) is 66.3 Å². The summed E-state index contributed by atoms with van der Waals surface area (Å²) < 4.78 is 0. The smallest absolute Gasteiger partial charge is 0.326 e. The van der Waals surface area contributed by atoms with Crippen LogP contribution in [0.15, 0.2) is 30.7 Å². The average Bonchev–Trinajstić information content (AvgIpc) is 2.87. The zero-order valence-electron chi connectivity index (χ0n) is 9.78. The maximum Gasteiger partial charge on any atom is 0.326 e. The first kappa shape index (κ1) is 11.0. The van der Waals surface area contributed by atoms with E-state index in [1.807, 2.05) is 17.0 Å². The Morgan fingerprint density at radius 2 is 2.28 bits per heavy atom. The van der Waals surface area contributed by atoms with Crippen molar-refractivity contribution in [3.05, 3.63) is 30.7 Å². The molecule has 1 aliphatic rings. The molecular formula is C13H13N3O2. The SMILES string of the molecule is O=C(O)[C@H]1CCCN1c1ccnc2cnccc12.